The molecule has 0 aromatic heterocycles. The number of aryl methyl sites for hydroxylation is 2. The highest BCUT2D eigenvalue weighted by Crippen LogP contribution is 2.18. The number of sulfonamides is 1. The molecule has 0 bridgehead atoms. The van der Waals surface area contributed by atoms with Gasteiger partial charge in [-0.3, -0.25) is 0 Å². The number of nitrogens with two attached hydrogens (primary N) is 1. The predicted octanol–water partition coefficient (Wildman–Crippen LogP) is 0.971. The van der Waals surface area contributed by atoms with Crippen LogP contribution in [0.5, 0.6) is 5.75 Å². The Morgan fingerprint density at radius 1 is 1.33 bits per heavy atom. The minimum Gasteiger partial charge on any atom is -0.492 e. The molecule has 0 amide bonds. The summed E-state index contributed by atoms with van der Waals surface area (Å²) >= 11 is 0. The summed E-state index contributed by atoms with van der Waals surface area (Å²) in [6.45, 7) is 3.95. The highest BCUT2D eigenvalue weighted by atomic mass is 32.2. The Kier molecular flexibility index (Phi) is 3.71. The average Bonchev–Trinajstić information content (AvgIpc) is 2.09. The predicted molar refractivity (Wildman–Crippen MR) is 59.4 cm³/mol. The second-order valence-corrected chi connectivity index (χ2v) is 5.22. The Morgan fingerprint density at radius 3 is 2.60 bits per heavy atom. The molecule has 0 spiro atoms. The Bertz CT molecular complexity index is 440. The van der Waals surface area contributed by atoms with Gasteiger partial charge in [0.25, 0.3) is 0 Å². The van der Waals surface area contributed by atoms with Gasteiger partial charge < -0.3 is 4.74 Å². The first-order valence-corrected chi connectivity index (χ1v) is 6.30. The molecule has 0 aliphatic rings. The van der Waals surface area contributed by atoms with Gasteiger partial charge in [0.1, 0.15) is 12.4 Å². The van der Waals surface area contributed by atoms with Crippen LogP contribution in [0.25, 0.3) is 0 Å². The van der Waals surface area contributed by atoms with E-state index in [1.54, 1.807) is 0 Å². The standard InChI is InChI=1S/C10H15NO3S/c1-8-3-4-9(2)10(7-8)14-5-6-15(11,12)13/h3-4,7H,5-6H2,1-2H3,(H2,11,12,13). The van der Waals surface area contributed by atoms with Crippen LogP contribution in [0.1, 0.15) is 11.1 Å². The quantitative estimate of drug-likeness (QED) is 0.836. The molecule has 0 saturated heterocycles. The van der Waals surface area contributed by atoms with Gasteiger partial charge in [0.2, 0.25) is 10.0 Å². The van der Waals surface area contributed by atoms with Crippen LogP contribution in [0.2, 0.25) is 0 Å². The third-order valence-electron chi connectivity index (χ3n) is 1.97. The van der Waals surface area contributed by atoms with Crippen LogP contribution >= 0.6 is 0 Å². The van der Waals surface area contributed by atoms with E-state index in [4.69, 9.17) is 9.88 Å². The molecule has 0 radical (unpaired) electrons. The van der Waals surface area contributed by atoms with Crippen molar-refractivity contribution in [3.8, 4) is 5.75 Å². The van der Waals surface area contributed by atoms with Gasteiger partial charge in [-0.25, -0.2) is 13.6 Å². The van der Waals surface area contributed by atoms with Crippen LogP contribution in [0, 0.1) is 13.8 Å². The van der Waals surface area contributed by atoms with E-state index < -0.39 is 10.0 Å². The molecule has 0 unspecified atom stereocenters. The van der Waals surface area contributed by atoms with Gasteiger partial charge in [0.15, 0.2) is 0 Å². The van der Waals surface area contributed by atoms with Crippen LogP contribution in [0.15, 0.2) is 18.2 Å². The molecule has 2 N–H and O–H groups in total. The maximum absolute atomic E-state index is 10.7. The molecule has 0 saturated carbocycles. The van der Waals surface area contributed by atoms with Crippen LogP contribution in [-0.4, -0.2) is 20.8 Å². The van der Waals surface area contributed by atoms with Gasteiger partial charge in [-0.1, -0.05) is 12.1 Å². The van der Waals surface area contributed by atoms with Crippen LogP contribution in [0.3, 0.4) is 0 Å². The largest absolute Gasteiger partial charge is 0.492 e. The maximum atomic E-state index is 10.7. The van der Waals surface area contributed by atoms with Crippen molar-refractivity contribution in [1.29, 1.82) is 0 Å². The van der Waals surface area contributed by atoms with Gasteiger partial charge in [0, 0.05) is 0 Å². The summed E-state index contributed by atoms with van der Waals surface area (Å²) < 4.78 is 26.7. The molecule has 1 aromatic rings. The van der Waals surface area contributed by atoms with E-state index in [9.17, 15) is 8.42 Å². The summed E-state index contributed by atoms with van der Waals surface area (Å²) in [5.74, 6) is 0.541. The first-order chi connectivity index (χ1) is 6.88. The summed E-state index contributed by atoms with van der Waals surface area (Å²) in [5, 5.41) is 4.86. The monoisotopic (exact) mass is 229 g/mol. The summed E-state index contributed by atoms with van der Waals surface area (Å²) in [6, 6.07) is 5.78. The fraction of sp³-hybridized carbons (Fsp3) is 0.400. The third-order valence-corrected chi connectivity index (χ3v) is 2.70. The fourth-order valence-electron chi connectivity index (χ4n) is 1.13. The van der Waals surface area contributed by atoms with E-state index in [0.29, 0.717) is 5.75 Å². The van der Waals surface area contributed by atoms with Crippen molar-refractivity contribution in [2.24, 2.45) is 5.14 Å². The fourth-order valence-corrected chi connectivity index (χ4v) is 1.45. The molecule has 5 heteroatoms. The normalized spacial score (nSPS) is 11.4. The van der Waals surface area contributed by atoms with Crippen LogP contribution < -0.4 is 9.88 Å². The molecule has 0 heterocycles. The smallest absolute Gasteiger partial charge is 0.212 e. The lowest BCUT2D eigenvalue weighted by molar-refractivity contribution is 0.338. The van der Waals surface area contributed by atoms with E-state index in [-0.39, 0.29) is 12.4 Å². The average molecular weight is 229 g/mol. The Labute approximate surface area is 90.1 Å². The number of primary sulfonamides is 1. The van der Waals surface area contributed by atoms with Gasteiger partial charge in [-0.15, -0.1) is 0 Å². The number of ether oxygens (including phenoxy) is 1. The molecular formula is C10H15NO3S. The first kappa shape index (κ1) is 12.0. The number of benzene rings is 1. The topological polar surface area (TPSA) is 69.4 Å². The number of rotatable bonds is 4. The highest BCUT2D eigenvalue weighted by molar-refractivity contribution is 7.89. The minimum atomic E-state index is -3.44. The Balaban J connectivity index is 2.61. The van der Waals surface area contributed by atoms with Gasteiger partial charge in [-0.05, 0) is 31.0 Å². The molecule has 0 fully saturated rings. The van der Waals surface area contributed by atoms with Gasteiger partial charge >= 0.3 is 0 Å². The lowest BCUT2D eigenvalue weighted by atomic mass is 10.1. The summed E-state index contributed by atoms with van der Waals surface area (Å²) in [7, 11) is -3.44. The minimum absolute atomic E-state index is 0.0864. The highest BCUT2D eigenvalue weighted by Gasteiger charge is 2.04. The molecule has 84 valence electrons. The van der Waals surface area contributed by atoms with Crippen molar-refractivity contribution in [1.82, 2.24) is 0 Å². The number of hydrogen-bond donors (Lipinski definition) is 1. The Morgan fingerprint density at radius 2 is 2.00 bits per heavy atom. The Hall–Kier alpha value is -1.07. The zero-order valence-electron chi connectivity index (χ0n) is 8.86. The van der Waals surface area contributed by atoms with Crippen LogP contribution in [-0.2, 0) is 10.0 Å². The zero-order chi connectivity index (χ0) is 11.5. The first-order valence-electron chi connectivity index (χ1n) is 4.59. The van der Waals surface area contributed by atoms with Gasteiger partial charge in [0.05, 0.1) is 5.75 Å². The lowest BCUT2D eigenvalue weighted by Crippen LogP contribution is -2.21. The lowest BCUT2D eigenvalue weighted by Gasteiger charge is -2.08. The van der Waals surface area contributed by atoms with Crippen molar-refractivity contribution < 1.29 is 13.2 Å². The summed E-state index contributed by atoms with van der Waals surface area (Å²) in [6.07, 6.45) is 0. The van der Waals surface area contributed by atoms with E-state index in [2.05, 4.69) is 0 Å². The molecule has 1 rings (SSSR count). The van der Waals surface area contributed by atoms with Crippen molar-refractivity contribution in [2.45, 2.75) is 13.8 Å². The van der Waals surface area contributed by atoms with E-state index in [1.165, 1.54) is 0 Å². The molecule has 0 atom stereocenters. The molecule has 4 nitrogen and oxygen atoms in total. The SMILES string of the molecule is Cc1ccc(C)c(OCCS(N)(=O)=O)c1. The van der Waals surface area contributed by atoms with Crippen molar-refractivity contribution in [2.75, 3.05) is 12.4 Å². The molecule has 1 aromatic carbocycles. The molecular weight excluding hydrogens is 214 g/mol. The van der Waals surface area contributed by atoms with Crippen molar-refractivity contribution in [3.05, 3.63) is 29.3 Å². The molecule has 0 aliphatic heterocycles. The van der Waals surface area contributed by atoms with E-state index in [0.717, 1.165) is 11.1 Å². The van der Waals surface area contributed by atoms with E-state index in [1.807, 2.05) is 32.0 Å². The van der Waals surface area contributed by atoms with E-state index >= 15 is 0 Å². The summed E-state index contributed by atoms with van der Waals surface area (Å²) in [4.78, 5) is 0. The van der Waals surface area contributed by atoms with Crippen molar-refractivity contribution >= 4 is 10.0 Å². The second kappa shape index (κ2) is 4.63. The molecule has 15 heavy (non-hydrogen) atoms. The summed E-state index contributed by atoms with van der Waals surface area (Å²) in [5.41, 5.74) is 2.06. The second-order valence-electron chi connectivity index (χ2n) is 3.48. The third kappa shape index (κ3) is 4.31. The molecule has 0 aliphatic carbocycles. The van der Waals surface area contributed by atoms with Crippen LogP contribution in [0.4, 0.5) is 0 Å². The van der Waals surface area contributed by atoms with Gasteiger partial charge in [-0.2, -0.15) is 0 Å². The number of hydrogen-bond acceptors (Lipinski definition) is 3. The van der Waals surface area contributed by atoms with Crippen molar-refractivity contribution in [3.63, 3.8) is 0 Å². The maximum Gasteiger partial charge on any atom is 0.212 e. The zero-order valence-corrected chi connectivity index (χ0v) is 9.67.